The van der Waals surface area contributed by atoms with Crippen molar-refractivity contribution in [2.24, 2.45) is 5.73 Å². The van der Waals surface area contributed by atoms with Crippen LogP contribution in [0.1, 0.15) is 12.2 Å². The molecule has 2 N–H and O–H groups in total. The number of anilines is 2. The standard InChI is InChI=1S/C22H26F2N8O2/c23-20(24)21-26-15-3-1-2-4-16(15)32(21)18-13-17(29-9-11-34-12-10-29)27-22(28-18)31-7-5-30(6-8-31)19(33)14-25/h1-4,13,20H,5-12,14,25H2. The number of amides is 1. The van der Waals surface area contributed by atoms with Gasteiger partial charge in [0.05, 0.1) is 30.8 Å². The van der Waals surface area contributed by atoms with E-state index in [1.807, 2.05) is 4.90 Å². The Bertz CT molecular complexity index is 1170. The number of imidazole rings is 1. The molecule has 0 radical (unpaired) electrons. The van der Waals surface area contributed by atoms with Gasteiger partial charge in [-0.2, -0.15) is 9.97 Å². The fourth-order valence-electron chi connectivity index (χ4n) is 4.34. The van der Waals surface area contributed by atoms with Crippen molar-refractivity contribution in [3.8, 4) is 5.82 Å². The minimum Gasteiger partial charge on any atom is -0.378 e. The molecular weight excluding hydrogens is 446 g/mol. The summed E-state index contributed by atoms with van der Waals surface area (Å²) in [5.41, 5.74) is 6.52. The second kappa shape index (κ2) is 9.47. The van der Waals surface area contributed by atoms with Crippen LogP contribution < -0.4 is 15.5 Å². The number of alkyl halides is 2. The fourth-order valence-corrected chi connectivity index (χ4v) is 4.34. The van der Waals surface area contributed by atoms with Gasteiger partial charge in [0.15, 0.2) is 5.82 Å². The average molecular weight is 473 g/mol. The summed E-state index contributed by atoms with van der Waals surface area (Å²) >= 11 is 0. The number of nitrogens with two attached hydrogens (primary N) is 1. The quantitative estimate of drug-likeness (QED) is 0.591. The van der Waals surface area contributed by atoms with Crippen LogP contribution in [0.2, 0.25) is 0 Å². The van der Waals surface area contributed by atoms with E-state index >= 15 is 0 Å². The van der Waals surface area contributed by atoms with Gasteiger partial charge in [-0.3, -0.25) is 9.36 Å². The Kier molecular flexibility index (Phi) is 6.24. The van der Waals surface area contributed by atoms with Crippen molar-refractivity contribution in [1.29, 1.82) is 0 Å². The molecular formula is C22H26F2N8O2. The first-order valence-electron chi connectivity index (χ1n) is 11.3. The molecule has 0 unspecified atom stereocenters. The number of carbonyl (C=O) groups is 1. The van der Waals surface area contributed by atoms with Gasteiger partial charge in [-0.25, -0.2) is 13.8 Å². The van der Waals surface area contributed by atoms with Crippen LogP contribution in [-0.4, -0.2) is 89.4 Å². The molecule has 0 spiro atoms. The van der Waals surface area contributed by atoms with Crippen LogP contribution in [0.3, 0.4) is 0 Å². The zero-order valence-electron chi connectivity index (χ0n) is 18.6. The minimum absolute atomic E-state index is 0.0305. The second-order valence-corrected chi connectivity index (χ2v) is 8.15. The highest BCUT2D eigenvalue weighted by atomic mass is 19.3. The Hall–Kier alpha value is -3.38. The number of benzene rings is 1. The monoisotopic (exact) mass is 472 g/mol. The molecule has 2 aliphatic heterocycles. The summed E-state index contributed by atoms with van der Waals surface area (Å²) in [4.78, 5) is 31.3. The van der Waals surface area contributed by atoms with Gasteiger partial charge in [0.1, 0.15) is 11.6 Å². The third-order valence-corrected chi connectivity index (χ3v) is 6.12. The molecule has 4 heterocycles. The predicted octanol–water partition coefficient (Wildman–Crippen LogP) is 1.20. The van der Waals surface area contributed by atoms with Crippen molar-refractivity contribution in [3.63, 3.8) is 0 Å². The Balaban J connectivity index is 1.58. The summed E-state index contributed by atoms with van der Waals surface area (Å²) in [6, 6.07) is 8.73. The molecule has 1 aromatic carbocycles. The number of halogens is 2. The molecule has 2 aromatic heterocycles. The average Bonchev–Trinajstić information content (AvgIpc) is 3.29. The molecule has 0 aliphatic carbocycles. The first-order chi connectivity index (χ1) is 16.5. The van der Waals surface area contributed by atoms with Crippen molar-refractivity contribution in [1.82, 2.24) is 24.4 Å². The maximum atomic E-state index is 14.0. The lowest BCUT2D eigenvalue weighted by Crippen LogP contribution is -2.51. The molecule has 3 aromatic rings. The van der Waals surface area contributed by atoms with Gasteiger partial charge in [-0.1, -0.05) is 12.1 Å². The van der Waals surface area contributed by atoms with E-state index in [4.69, 9.17) is 20.4 Å². The summed E-state index contributed by atoms with van der Waals surface area (Å²) < 4.78 is 34.9. The van der Waals surface area contributed by atoms with Gasteiger partial charge in [0, 0.05) is 45.3 Å². The number of nitrogens with zero attached hydrogens (tertiary/aromatic N) is 7. The molecule has 180 valence electrons. The van der Waals surface area contributed by atoms with Crippen molar-refractivity contribution in [2.45, 2.75) is 6.43 Å². The van der Waals surface area contributed by atoms with Crippen LogP contribution in [-0.2, 0) is 9.53 Å². The fraction of sp³-hybridized carbons (Fsp3) is 0.455. The number of morpholine rings is 1. The lowest BCUT2D eigenvalue weighted by atomic mass is 10.3. The van der Waals surface area contributed by atoms with Crippen LogP contribution >= 0.6 is 0 Å². The lowest BCUT2D eigenvalue weighted by molar-refractivity contribution is -0.129. The topological polar surface area (TPSA) is 106 Å². The predicted molar refractivity (Wildman–Crippen MR) is 122 cm³/mol. The summed E-state index contributed by atoms with van der Waals surface area (Å²) in [5, 5.41) is 0. The summed E-state index contributed by atoms with van der Waals surface area (Å²) in [6.45, 7) is 4.39. The molecule has 1 amide bonds. The van der Waals surface area contributed by atoms with Crippen LogP contribution in [0.5, 0.6) is 0 Å². The smallest absolute Gasteiger partial charge is 0.296 e. The number of hydrogen-bond donors (Lipinski definition) is 1. The summed E-state index contributed by atoms with van der Waals surface area (Å²) in [5.74, 6) is 0.932. The Morgan fingerprint density at radius 3 is 2.38 bits per heavy atom. The lowest BCUT2D eigenvalue weighted by Gasteiger charge is -2.35. The number of carbonyl (C=O) groups excluding carboxylic acids is 1. The maximum absolute atomic E-state index is 14.0. The van der Waals surface area contributed by atoms with Crippen molar-refractivity contribution >= 4 is 28.7 Å². The highest BCUT2D eigenvalue weighted by Crippen LogP contribution is 2.30. The zero-order chi connectivity index (χ0) is 23.7. The van der Waals surface area contributed by atoms with Crippen LogP contribution in [0.15, 0.2) is 30.3 Å². The maximum Gasteiger partial charge on any atom is 0.296 e. The molecule has 0 bridgehead atoms. The van der Waals surface area contributed by atoms with Crippen molar-refractivity contribution in [2.75, 3.05) is 68.8 Å². The van der Waals surface area contributed by atoms with E-state index in [0.717, 1.165) is 0 Å². The SMILES string of the molecule is NCC(=O)N1CCN(c2nc(N3CCOCC3)cc(-n3c(C(F)F)nc4ccccc43)n2)CC1. The van der Waals surface area contributed by atoms with Crippen LogP contribution in [0.25, 0.3) is 16.9 Å². The Morgan fingerprint density at radius 1 is 0.971 bits per heavy atom. The Morgan fingerprint density at radius 2 is 1.68 bits per heavy atom. The molecule has 2 saturated heterocycles. The van der Waals surface area contributed by atoms with Crippen LogP contribution in [0, 0.1) is 0 Å². The van der Waals surface area contributed by atoms with Gasteiger partial charge in [-0.15, -0.1) is 0 Å². The normalized spacial score (nSPS) is 17.1. The number of fused-ring (bicyclic) bond motifs is 1. The van der Waals surface area contributed by atoms with Gasteiger partial charge in [0.25, 0.3) is 6.43 Å². The van der Waals surface area contributed by atoms with E-state index in [9.17, 15) is 13.6 Å². The molecule has 10 nitrogen and oxygen atoms in total. The number of para-hydroxylation sites is 2. The number of ether oxygens (including phenoxy) is 1. The number of aromatic nitrogens is 4. The molecule has 0 atom stereocenters. The van der Waals surface area contributed by atoms with Crippen LogP contribution in [0.4, 0.5) is 20.5 Å². The first-order valence-corrected chi connectivity index (χ1v) is 11.3. The van der Waals surface area contributed by atoms with Crippen molar-refractivity contribution < 1.29 is 18.3 Å². The van der Waals surface area contributed by atoms with Gasteiger partial charge < -0.3 is 25.2 Å². The van der Waals surface area contributed by atoms with E-state index < -0.39 is 6.43 Å². The summed E-state index contributed by atoms with van der Waals surface area (Å²) in [7, 11) is 0. The number of hydrogen-bond acceptors (Lipinski definition) is 8. The molecule has 12 heteroatoms. The largest absolute Gasteiger partial charge is 0.378 e. The zero-order valence-corrected chi connectivity index (χ0v) is 18.6. The third-order valence-electron chi connectivity index (χ3n) is 6.12. The Labute approximate surface area is 194 Å². The first kappa shape index (κ1) is 22.4. The van der Waals surface area contributed by atoms with E-state index in [2.05, 4.69) is 9.88 Å². The molecule has 5 rings (SSSR count). The van der Waals surface area contributed by atoms with E-state index in [1.54, 1.807) is 35.2 Å². The number of rotatable bonds is 5. The third kappa shape index (κ3) is 4.26. The molecule has 2 aliphatic rings. The van der Waals surface area contributed by atoms with Crippen molar-refractivity contribution in [3.05, 3.63) is 36.2 Å². The van der Waals surface area contributed by atoms with E-state index in [1.165, 1.54) is 4.57 Å². The number of piperazine rings is 1. The molecule has 34 heavy (non-hydrogen) atoms. The van der Waals surface area contributed by atoms with Gasteiger partial charge in [-0.05, 0) is 12.1 Å². The highest BCUT2D eigenvalue weighted by molar-refractivity contribution is 5.79. The molecule has 0 saturated carbocycles. The van der Waals surface area contributed by atoms with E-state index in [-0.39, 0.29) is 18.3 Å². The van der Waals surface area contributed by atoms with Gasteiger partial charge >= 0.3 is 0 Å². The second-order valence-electron chi connectivity index (χ2n) is 8.15. The highest BCUT2D eigenvalue weighted by Gasteiger charge is 2.26. The minimum atomic E-state index is -2.77. The van der Waals surface area contributed by atoms with E-state index in [0.29, 0.717) is 81.1 Å². The van der Waals surface area contributed by atoms with Gasteiger partial charge in [0.2, 0.25) is 11.9 Å². The molecule has 2 fully saturated rings. The summed E-state index contributed by atoms with van der Waals surface area (Å²) in [6.07, 6.45) is -2.77.